The predicted octanol–water partition coefficient (Wildman–Crippen LogP) is 3.02. The van der Waals surface area contributed by atoms with E-state index in [1.807, 2.05) is 36.4 Å². The molecule has 0 unspecified atom stereocenters. The zero-order chi connectivity index (χ0) is 12.3. The van der Waals surface area contributed by atoms with Crippen molar-refractivity contribution in [2.24, 2.45) is 0 Å². The third-order valence-electron chi connectivity index (χ3n) is 2.40. The Bertz CT molecular complexity index is 549. The van der Waals surface area contributed by atoms with Gasteiger partial charge in [-0.1, -0.05) is 30.3 Å². The van der Waals surface area contributed by atoms with Crippen LogP contribution in [0.25, 0.3) is 11.1 Å². The highest BCUT2D eigenvalue weighted by atomic mass is 16.3. The van der Waals surface area contributed by atoms with Crippen LogP contribution in [0.5, 0.6) is 5.75 Å². The van der Waals surface area contributed by atoms with Crippen LogP contribution < -0.4 is 5.32 Å². The van der Waals surface area contributed by atoms with Gasteiger partial charge in [-0.15, -0.1) is 0 Å². The molecule has 3 heteroatoms. The van der Waals surface area contributed by atoms with Gasteiger partial charge < -0.3 is 10.4 Å². The maximum absolute atomic E-state index is 11.0. The minimum absolute atomic E-state index is 0.112. The smallest absolute Gasteiger partial charge is 0.221 e. The number of aromatic hydroxyl groups is 1. The minimum atomic E-state index is -0.112. The molecule has 2 aromatic carbocycles. The molecule has 0 aliphatic heterocycles. The number of amides is 1. The summed E-state index contributed by atoms with van der Waals surface area (Å²) in [6, 6.07) is 14.5. The molecule has 0 bridgehead atoms. The number of rotatable bonds is 2. The Morgan fingerprint density at radius 3 is 2.59 bits per heavy atom. The van der Waals surface area contributed by atoms with Crippen LogP contribution in [0.2, 0.25) is 0 Å². The fourth-order valence-electron chi connectivity index (χ4n) is 1.69. The molecule has 1 amide bonds. The van der Waals surface area contributed by atoms with Crippen LogP contribution in [0, 0.1) is 0 Å². The van der Waals surface area contributed by atoms with Crippen LogP contribution >= 0.6 is 0 Å². The lowest BCUT2D eigenvalue weighted by atomic mass is 10.0. The minimum Gasteiger partial charge on any atom is -0.507 e. The van der Waals surface area contributed by atoms with Gasteiger partial charge in [0.2, 0.25) is 5.91 Å². The van der Waals surface area contributed by atoms with Gasteiger partial charge in [0.1, 0.15) is 5.75 Å². The molecule has 2 N–H and O–H groups in total. The van der Waals surface area contributed by atoms with E-state index in [1.54, 1.807) is 12.1 Å². The van der Waals surface area contributed by atoms with Crippen molar-refractivity contribution in [3.05, 3.63) is 48.5 Å². The molecule has 0 radical (unpaired) electrons. The largest absolute Gasteiger partial charge is 0.507 e. The monoisotopic (exact) mass is 227 g/mol. The number of phenolic OH excluding ortho intramolecular Hbond substituents is 1. The second-order valence-electron chi connectivity index (χ2n) is 3.78. The third-order valence-corrected chi connectivity index (χ3v) is 2.40. The van der Waals surface area contributed by atoms with E-state index in [-0.39, 0.29) is 11.7 Å². The van der Waals surface area contributed by atoms with Gasteiger partial charge in [0.25, 0.3) is 0 Å². The van der Waals surface area contributed by atoms with Crippen molar-refractivity contribution in [2.45, 2.75) is 6.92 Å². The summed E-state index contributed by atoms with van der Waals surface area (Å²) in [5.41, 5.74) is 2.34. The SMILES string of the molecule is CC(=O)Nc1cccc(-c2ccccc2O)c1. The number of benzene rings is 2. The molecule has 0 aliphatic carbocycles. The Balaban J connectivity index is 2.40. The number of hydrogen-bond acceptors (Lipinski definition) is 2. The summed E-state index contributed by atoms with van der Waals surface area (Å²) in [6.07, 6.45) is 0. The molecule has 86 valence electrons. The van der Waals surface area contributed by atoms with Gasteiger partial charge in [0.15, 0.2) is 0 Å². The van der Waals surface area contributed by atoms with Gasteiger partial charge in [-0.3, -0.25) is 4.79 Å². The molecule has 0 saturated carbocycles. The van der Waals surface area contributed by atoms with Crippen molar-refractivity contribution in [3.8, 4) is 16.9 Å². The molecular formula is C14H13NO2. The molecule has 2 aromatic rings. The Kier molecular flexibility index (Phi) is 3.10. The molecular weight excluding hydrogens is 214 g/mol. The lowest BCUT2D eigenvalue weighted by Gasteiger charge is -2.07. The van der Waals surface area contributed by atoms with E-state index in [2.05, 4.69) is 5.32 Å². The van der Waals surface area contributed by atoms with E-state index in [0.717, 1.165) is 16.8 Å². The summed E-state index contributed by atoms with van der Waals surface area (Å²) in [6.45, 7) is 1.46. The average molecular weight is 227 g/mol. The van der Waals surface area contributed by atoms with Crippen molar-refractivity contribution in [3.63, 3.8) is 0 Å². The standard InChI is InChI=1S/C14H13NO2/c1-10(16)15-12-6-4-5-11(9-12)13-7-2-3-8-14(13)17/h2-9,17H,1H3,(H,15,16). The zero-order valence-corrected chi connectivity index (χ0v) is 9.47. The lowest BCUT2D eigenvalue weighted by molar-refractivity contribution is -0.114. The Labute approximate surface area is 99.7 Å². The maximum atomic E-state index is 11.0. The number of para-hydroxylation sites is 1. The molecule has 0 aromatic heterocycles. The van der Waals surface area contributed by atoms with Gasteiger partial charge in [-0.2, -0.15) is 0 Å². The molecule has 0 spiro atoms. The van der Waals surface area contributed by atoms with Crippen LogP contribution in [0.4, 0.5) is 5.69 Å². The molecule has 0 fully saturated rings. The van der Waals surface area contributed by atoms with Crippen LogP contribution in [-0.4, -0.2) is 11.0 Å². The van der Waals surface area contributed by atoms with E-state index in [0.29, 0.717) is 0 Å². The fraction of sp³-hybridized carbons (Fsp3) is 0.0714. The van der Waals surface area contributed by atoms with Crippen molar-refractivity contribution in [2.75, 3.05) is 5.32 Å². The van der Waals surface area contributed by atoms with E-state index in [4.69, 9.17) is 0 Å². The Morgan fingerprint density at radius 2 is 1.88 bits per heavy atom. The molecule has 2 rings (SSSR count). The van der Waals surface area contributed by atoms with Crippen LogP contribution in [0.1, 0.15) is 6.92 Å². The van der Waals surface area contributed by atoms with E-state index >= 15 is 0 Å². The molecule has 0 atom stereocenters. The predicted molar refractivity (Wildman–Crippen MR) is 67.8 cm³/mol. The normalized spacial score (nSPS) is 9.94. The highest BCUT2D eigenvalue weighted by Crippen LogP contribution is 2.29. The summed E-state index contributed by atoms with van der Waals surface area (Å²) >= 11 is 0. The highest BCUT2D eigenvalue weighted by molar-refractivity contribution is 5.89. The first-order valence-electron chi connectivity index (χ1n) is 5.33. The second kappa shape index (κ2) is 4.70. The van der Waals surface area contributed by atoms with Crippen LogP contribution in [0.15, 0.2) is 48.5 Å². The summed E-state index contributed by atoms with van der Waals surface area (Å²) in [5.74, 6) is 0.118. The second-order valence-corrected chi connectivity index (χ2v) is 3.78. The van der Waals surface area contributed by atoms with Gasteiger partial charge in [0.05, 0.1) is 0 Å². The fourth-order valence-corrected chi connectivity index (χ4v) is 1.69. The number of phenols is 1. The number of nitrogens with one attached hydrogen (secondary N) is 1. The Morgan fingerprint density at radius 1 is 1.12 bits per heavy atom. The van der Waals surface area contributed by atoms with Gasteiger partial charge in [-0.05, 0) is 23.8 Å². The highest BCUT2D eigenvalue weighted by Gasteiger charge is 2.04. The zero-order valence-electron chi connectivity index (χ0n) is 9.47. The molecule has 17 heavy (non-hydrogen) atoms. The van der Waals surface area contributed by atoms with Crippen molar-refractivity contribution in [1.29, 1.82) is 0 Å². The first-order chi connectivity index (χ1) is 8.16. The summed E-state index contributed by atoms with van der Waals surface area (Å²) in [5, 5.41) is 12.5. The summed E-state index contributed by atoms with van der Waals surface area (Å²) in [4.78, 5) is 11.0. The van der Waals surface area contributed by atoms with Gasteiger partial charge in [0, 0.05) is 18.2 Å². The van der Waals surface area contributed by atoms with Gasteiger partial charge >= 0.3 is 0 Å². The van der Waals surface area contributed by atoms with Gasteiger partial charge in [-0.25, -0.2) is 0 Å². The quantitative estimate of drug-likeness (QED) is 0.828. The number of hydrogen-bond donors (Lipinski definition) is 2. The lowest BCUT2D eigenvalue weighted by Crippen LogP contribution is -2.05. The first kappa shape index (κ1) is 11.2. The molecule has 0 saturated heterocycles. The van der Waals surface area contributed by atoms with Crippen LogP contribution in [0.3, 0.4) is 0 Å². The van der Waals surface area contributed by atoms with E-state index < -0.39 is 0 Å². The van der Waals surface area contributed by atoms with Crippen LogP contribution in [-0.2, 0) is 4.79 Å². The average Bonchev–Trinajstić information content (AvgIpc) is 2.29. The Hall–Kier alpha value is -2.29. The van der Waals surface area contributed by atoms with E-state index in [1.165, 1.54) is 6.92 Å². The topological polar surface area (TPSA) is 49.3 Å². The summed E-state index contributed by atoms with van der Waals surface area (Å²) < 4.78 is 0. The number of anilines is 1. The molecule has 0 aliphatic rings. The van der Waals surface area contributed by atoms with E-state index in [9.17, 15) is 9.90 Å². The summed E-state index contributed by atoms with van der Waals surface area (Å²) in [7, 11) is 0. The third kappa shape index (κ3) is 2.64. The van der Waals surface area contributed by atoms with Crippen molar-refractivity contribution < 1.29 is 9.90 Å². The van der Waals surface area contributed by atoms with Crippen molar-refractivity contribution in [1.82, 2.24) is 0 Å². The first-order valence-corrected chi connectivity index (χ1v) is 5.33. The number of carbonyl (C=O) groups excluding carboxylic acids is 1. The molecule has 3 nitrogen and oxygen atoms in total. The maximum Gasteiger partial charge on any atom is 0.221 e. The molecule has 0 heterocycles. The number of carbonyl (C=O) groups is 1. The van der Waals surface area contributed by atoms with Crippen molar-refractivity contribution >= 4 is 11.6 Å².